The van der Waals surface area contributed by atoms with Gasteiger partial charge in [-0.25, -0.2) is 0 Å². The third-order valence-electron chi connectivity index (χ3n) is 0.824. The Hall–Kier alpha value is -1.38. The van der Waals surface area contributed by atoms with Crippen molar-refractivity contribution in [1.82, 2.24) is 0 Å². The third-order valence-corrected chi connectivity index (χ3v) is 0.824. The molecule has 0 atom stereocenters. The predicted molar refractivity (Wildman–Crippen MR) is 99.8 cm³/mol. The van der Waals surface area contributed by atoms with Gasteiger partial charge < -0.3 is 53.6 Å². The van der Waals surface area contributed by atoms with Crippen molar-refractivity contribution in [2.45, 2.75) is 27.7 Å². The van der Waals surface area contributed by atoms with Gasteiger partial charge in [-0.3, -0.25) is 9.59 Å². The van der Waals surface area contributed by atoms with Crippen molar-refractivity contribution < 1.29 is 57.3 Å². The number of hydrogen-bond acceptors (Lipinski definition) is 8. The fraction of sp³-hybridized carbons (Fsp3) is 0.571. The second-order valence-electron chi connectivity index (χ2n) is 3.43. The van der Waals surface area contributed by atoms with Crippen LogP contribution in [0.25, 0.3) is 22.9 Å². The molecule has 13 heteroatoms. The zero-order chi connectivity index (χ0) is 22.6. The van der Waals surface area contributed by atoms with Crippen LogP contribution in [0.2, 0.25) is 0 Å². The maximum Gasteiger partial charge on any atom is 0.155 e. The minimum Gasteiger partial charge on any atom is -0.655 e. The predicted octanol–water partition coefficient (Wildman–Crippen LogP) is 2.03. The van der Waals surface area contributed by atoms with Crippen LogP contribution in [0.5, 0.6) is 0 Å². The number of aliphatic hydroxyl groups excluding tert-OH is 6. The molecule has 0 aromatic heterocycles. The molecule has 0 saturated carbocycles. The molecule has 0 aliphatic heterocycles. The van der Waals surface area contributed by atoms with Gasteiger partial charge >= 0.3 is 0 Å². The van der Waals surface area contributed by atoms with Gasteiger partial charge in [-0.1, -0.05) is 0 Å². The molecule has 12 nitrogen and oxygen atoms in total. The second-order valence-corrected chi connectivity index (χ2v) is 3.43. The van der Waals surface area contributed by atoms with Gasteiger partial charge in [0.25, 0.3) is 0 Å². The number of nitrogens with one attached hydrogen (secondary N) is 4. The molecule has 0 aromatic carbocycles. The summed E-state index contributed by atoms with van der Waals surface area (Å²) in [5.41, 5.74) is 23.1. The van der Waals surface area contributed by atoms with Crippen molar-refractivity contribution >= 4 is 11.6 Å². The van der Waals surface area contributed by atoms with E-state index in [0.717, 1.165) is 0 Å². The average molecular weight is 448 g/mol. The molecular formula is C14H32CuN4O8-4. The topological polar surface area (TPSA) is 251 Å². The molecule has 0 heterocycles. The minimum absolute atomic E-state index is 0. The zero-order valence-corrected chi connectivity index (χ0v) is 16.7. The molecular weight excluding hydrogens is 416 g/mol. The monoisotopic (exact) mass is 447 g/mol. The molecule has 171 valence electrons. The van der Waals surface area contributed by atoms with E-state index in [1.54, 1.807) is 0 Å². The van der Waals surface area contributed by atoms with Crippen LogP contribution in [0.4, 0.5) is 0 Å². The molecule has 0 fully saturated rings. The molecule has 0 spiro atoms. The van der Waals surface area contributed by atoms with E-state index in [-0.39, 0.29) is 40.2 Å². The van der Waals surface area contributed by atoms with E-state index in [2.05, 4.69) is 0 Å². The fourth-order valence-corrected chi connectivity index (χ4v) is 0.588. The first kappa shape index (κ1) is 44.8. The molecule has 0 amide bonds. The van der Waals surface area contributed by atoms with E-state index in [0.29, 0.717) is 0 Å². The molecule has 0 aromatic rings. The first-order valence-corrected chi connectivity index (χ1v) is 6.69. The van der Waals surface area contributed by atoms with Crippen LogP contribution in [-0.4, -0.2) is 69.1 Å². The van der Waals surface area contributed by atoms with E-state index < -0.39 is 26.9 Å². The summed E-state index contributed by atoms with van der Waals surface area (Å²) in [5.74, 6) is -0.125. The molecule has 1 radical (unpaired) electrons. The third kappa shape index (κ3) is 287. The Morgan fingerprint density at radius 2 is 0.741 bits per heavy atom. The van der Waals surface area contributed by atoms with Gasteiger partial charge in [0.05, 0.1) is 11.5 Å². The Balaban J connectivity index is -0.0000000373. The minimum atomic E-state index is -0.500. The molecule has 0 saturated heterocycles. The Kier molecular flexibility index (Phi) is 82.5. The summed E-state index contributed by atoms with van der Waals surface area (Å²) in [6.45, 7) is 3.70. The second kappa shape index (κ2) is 49.7. The molecule has 0 aliphatic carbocycles. The summed E-state index contributed by atoms with van der Waals surface area (Å²) < 4.78 is 0. The summed E-state index contributed by atoms with van der Waals surface area (Å²) in [6.07, 6.45) is 2.33. The Labute approximate surface area is 170 Å². The van der Waals surface area contributed by atoms with Crippen molar-refractivity contribution in [1.29, 1.82) is 0 Å². The average Bonchev–Trinajstić information content (AvgIpc) is 2.39. The number of hydrogen-bond donors (Lipinski definition) is 6. The molecule has 10 N–H and O–H groups in total. The van der Waals surface area contributed by atoms with Crippen LogP contribution in [0, 0.1) is 0 Å². The fourth-order valence-electron chi connectivity index (χ4n) is 0.588. The number of allylic oxidation sites excluding steroid dienone is 4. The van der Waals surface area contributed by atoms with Gasteiger partial charge in [0, 0.05) is 29.2 Å². The van der Waals surface area contributed by atoms with Crippen LogP contribution in [0.1, 0.15) is 27.7 Å². The Morgan fingerprint density at radius 1 is 0.630 bits per heavy atom. The van der Waals surface area contributed by atoms with Crippen molar-refractivity contribution in [2.75, 3.05) is 26.9 Å². The Morgan fingerprint density at radius 3 is 0.741 bits per heavy atom. The first-order valence-electron chi connectivity index (χ1n) is 6.69. The van der Waals surface area contributed by atoms with Crippen LogP contribution in [0.15, 0.2) is 23.7 Å². The van der Waals surface area contributed by atoms with E-state index >= 15 is 0 Å². The summed E-state index contributed by atoms with van der Waals surface area (Å²) in [5, 5.41) is 45.7. The molecule has 27 heavy (non-hydrogen) atoms. The van der Waals surface area contributed by atoms with E-state index in [9.17, 15) is 9.59 Å². The van der Waals surface area contributed by atoms with Gasteiger partial charge in [0.1, 0.15) is 0 Å². The maximum atomic E-state index is 10.0. The van der Waals surface area contributed by atoms with Crippen molar-refractivity contribution in [2.24, 2.45) is 0 Å². The summed E-state index contributed by atoms with van der Waals surface area (Å²) in [6, 6.07) is 0. The van der Waals surface area contributed by atoms with Crippen LogP contribution in [-0.2, 0) is 26.7 Å². The van der Waals surface area contributed by atoms with Crippen LogP contribution < -0.4 is 0 Å². The molecule has 0 bridgehead atoms. The van der Waals surface area contributed by atoms with Crippen molar-refractivity contribution in [3.05, 3.63) is 46.6 Å². The summed E-state index contributed by atoms with van der Waals surface area (Å²) in [7, 11) is 0. The van der Waals surface area contributed by atoms with E-state index in [4.69, 9.17) is 53.6 Å². The van der Waals surface area contributed by atoms with Gasteiger partial charge in [-0.05, 0) is 54.6 Å². The quantitative estimate of drug-likeness (QED) is 0.207. The normalized spacial score (nSPS) is 8.59. The van der Waals surface area contributed by atoms with Gasteiger partial charge in [-0.15, -0.1) is 0 Å². The first-order chi connectivity index (χ1) is 11.9. The number of ketones is 2. The smallest absolute Gasteiger partial charge is 0.155 e. The molecule has 0 rings (SSSR count). The molecule has 0 unspecified atom stereocenters. The maximum absolute atomic E-state index is 10.0. The Bertz CT molecular complexity index is 299. The number of carbonyl (C=O) groups is 2. The van der Waals surface area contributed by atoms with Gasteiger partial charge in [0.2, 0.25) is 0 Å². The summed E-state index contributed by atoms with van der Waals surface area (Å²) >= 11 is 0. The number of aliphatic hydroxyl groups is 6. The van der Waals surface area contributed by atoms with Crippen LogP contribution in [0.3, 0.4) is 0 Å². The van der Waals surface area contributed by atoms with E-state index in [1.165, 1.54) is 39.8 Å². The van der Waals surface area contributed by atoms with Crippen molar-refractivity contribution in [3.8, 4) is 0 Å². The summed E-state index contributed by atoms with van der Waals surface area (Å²) in [4.78, 5) is 20.0. The number of carbonyl (C=O) groups excluding carboxylic acids is 2. The largest absolute Gasteiger partial charge is 0.655 e. The number of rotatable bonds is 2. The molecule has 0 aliphatic rings. The SMILES string of the molecule is CC(=O)/C=C(/C)O.CC(=O)/C=C(/C)O.[Cu].[NH-]CO.[NH-]CO.[NH-]CO.[NH-]CO. The van der Waals surface area contributed by atoms with Gasteiger partial charge in [-0.2, -0.15) is 0 Å². The van der Waals surface area contributed by atoms with Crippen molar-refractivity contribution in [3.63, 3.8) is 0 Å². The van der Waals surface area contributed by atoms with Crippen LogP contribution >= 0.6 is 0 Å². The van der Waals surface area contributed by atoms with E-state index in [1.807, 2.05) is 0 Å². The zero-order valence-electron chi connectivity index (χ0n) is 15.8. The standard InChI is InChI=1S/2C5H8O2.4CH4NO.Cu/c2*1-4(6)3-5(2)7;4*2-1-3;/h2*3,6H,1-2H3;4*2-3H,1H2;/q;;4*-1;/b2*4-3-;;;;;. The van der Waals surface area contributed by atoms with Gasteiger partial charge in [0.15, 0.2) is 11.6 Å².